The van der Waals surface area contributed by atoms with E-state index in [4.69, 9.17) is 0 Å². The Balaban J connectivity index is -0.0000000150. The summed E-state index contributed by atoms with van der Waals surface area (Å²) in [5.74, 6) is 0. The monoisotopic (exact) mass is 253 g/mol. The van der Waals surface area contributed by atoms with Gasteiger partial charge >= 0.3 is 23.9 Å². The van der Waals surface area contributed by atoms with E-state index in [1.165, 1.54) is 0 Å². The molecule has 0 saturated heterocycles. The van der Waals surface area contributed by atoms with Gasteiger partial charge in [0, 0.05) is 0 Å². The van der Waals surface area contributed by atoms with E-state index in [0.29, 0.717) is 0 Å². The first-order chi connectivity index (χ1) is 1.73. The van der Waals surface area contributed by atoms with Crippen molar-refractivity contribution in [3.05, 3.63) is 0 Å². The summed E-state index contributed by atoms with van der Waals surface area (Å²) < 4.78 is 0. The Bertz CT molecular complexity index is 17.7. The molecule has 0 aromatic carbocycles. The molecule has 0 bridgehead atoms. The molecule has 0 spiro atoms. The average molecular weight is 253 g/mol. The summed E-state index contributed by atoms with van der Waals surface area (Å²) in [6.45, 7) is 0. The zero-order valence-electron chi connectivity index (χ0n) is 4.97. The molecule has 0 aromatic rings. The quantitative estimate of drug-likeness (QED) is 0.553. The van der Waals surface area contributed by atoms with Gasteiger partial charge in [-0.15, -0.1) is 24.8 Å². The summed E-state index contributed by atoms with van der Waals surface area (Å²) in [5.41, 5.74) is 0. The van der Waals surface area contributed by atoms with Crippen LogP contribution < -0.4 is 0 Å². The Hall–Kier alpha value is 1.34. The zero-order chi connectivity index (χ0) is 3.58. The third kappa shape index (κ3) is 117. The molecular formula is C3H13Cl2NSn. The molecule has 2 radical (unpaired) electrons. The fourth-order valence-corrected chi connectivity index (χ4v) is 0. The predicted octanol–water partition coefficient (Wildman–Crippen LogP) is 0.105. The maximum absolute atomic E-state index is 2.00. The molecule has 0 aliphatic carbocycles. The second-order valence-electron chi connectivity index (χ2n) is 1.34. The van der Waals surface area contributed by atoms with E-state index >= 15 is 0 Å². The van der Waals surface area contributed by atoms with Crippen LogP contribution >= 0.6 is 24.8 Å². The number of nitrogens with zero attached hydrogens (tertiary/aromatic N) is 1. The van der Waals surface area contributed by atoms with E-state index in [0.717, 1.165) is 0 Å². The molecule has 0 fully saturated rings. The number of hydrogen-bond donors (Lipinski definition) is 0. The average Bonchev–Trinajstić information content (AvgIpc) is 0.811. The van der Waals surface area contributed by atoms with Gasteiger partial charge in [-0.3, -0.25) is 0 Å². The topological polar surface area (TPSA) is 3.24 Å². The van der Waals surface area contributed by atoms with Crippen LogP contribution in [0.4, 0.5) is 0 Å². The van der Waals surface area contributed by atoms with Gasteiger partial charge in [-0.25, -0.2) is 0 Å². The van der Waals surface area contributed by atoms with Crippen molar-refractivity contribution < 1.29 is 0 Å². The van der Waals surface area contributed by atoms with Crippen LogP contribution in [0.2, 0.25) is 0 Å². The molecule has 48 valence electrons. The summed E-state index contributed by atoms with van der Waals surface area (Å²) in [6.07, 6.45) is 0. The molecular weight excluding hydrogens is 240 g/mol. The van der Waals surface area contributed by atoms with Crippen LogP contribution in [0.5, 0.6) is 0 Å². The molecule has 0 aromatic heterocycles. The molecule has 1 nitrogen and oxygen atoms in total. The van der Waals surface area contributed by atoms with E-state index in [9.17, 15) is 0 Å². The summed E-state index contributed by atoms with van der Waals surface area (Å²) >= 11 is 0. The number of hydrogen-bond acceptors (Lipinski definition) is 1. The van der Waals surface area contributed by atoms with Gasteiger partial charge in [0.1, 0.15) is 0 Å². The van der Waals surface area contributed by atoms with Crippen molar-refractivity contribution in [2.24, 2.45) is 0 Å². The molecule has 0 atom stereocenters. The third-order valence-corrected chi connectivity index (χ3v) is 0. The fraction of sp³-hybridized carbons (Fsp3) is 1.00. The second-order valence-corrected chi connectivity index (χ2v) is 1.34. The fourth-order valence-electron chi connectivity index (χ4n) is 0. The van der Waals surface area contributed by atoms with Crippen molar-refractivity contribution in [3.63, 3.8) is 0 Å². The molecule has 0 saturated carbocycles. The first-order valence-electron chi connectivity index (χ1n) is 1.34. The van der Waals surface area contributed by atoms with Crippen LogP contribution in [0.3, 0.4) is 0 Å². The van der Waals surface area contributed by atoms with Crippen molar-refractivity contribution in [1.82, 2.24) is 4.90 Å². The van der Waals surface area contributed by atoms with Crippen LogP contribution in [0, 0.1) is 0 Å². The minimum atomic E-state index is 0. The summed E-state index contributed by atoms with van der Waals surface area (Å²) in [6, 6.07) is 0. The molecule has 0 N–H and O–H groups in total. The second kappa shape index (κ2) is 15.7. The summed E-state index contributed by atoms with van der Waals surface area (Å²) in [7, 11) is 6.00. The number of halogens is 2. The SMILES string of the molecule is CN(C)C.Cl.Cl.[SnH2]. The molecule has 0 aliphatic rings. The molecule has 0 amide bonds. The maximum atomic E-state index is 2.00. The summed E-state index contributed by atoms with van der Waals surface area (Å²) in [4.78, 5) is 2.00. The van der Waals surface area contributed by atoms with Crippen LogP contribution in [-0.2, 0) is 0 Å². The Kier molecular flexibility index (Phi) is 53.4. The van der Waals surface area contributed by atoms with Gasteiger partial charge in [-0.05, 0) is 21.1 Å². The molecule has 0 unspecified atom stereocenters. The van der Waals surface area contributed by atoms with Gasteiger partial charge in [-0.1, -0.05) is 0 Å². The van der Waals surface area contributed by atoms with Gasteiger partial charge in [0.05, 0.1) is 0 Å². The predicted molar refractivity (Wildman–Crippen MR) is 42.7 cm³/mol. The van der Waals surface area contributed by atoms with Gasteiger partial charge < -0.3 is 4.90 Å². The normalized spacial score (nSPS) is 5.14. The molecule has 0 heterocycles. The first kappa shape index (κ1) is 23.9. The minimum absolute atomic E-state index is 0. The van der Waals surface area contributed by atoms with E-state index in [1.54, 1.807) is 0 Å². The van der Waals surface area contributed by atoms with Crippen LogP contribution in [0.25, 0.3) is 0 Å². The first-order valence-corrected chi connectivity index (χ1v) is 1.34. The van der Waals surface area contributed by atoms with Gasteiger partial charge in [0.25, 0.3) is 0 Å². The van der Waals surface area contributed by atoms with E-state index in [1.807, 2.05) is 26.0 Å². The van der Waals surface area contributed by atoms with E-state index < -0.39 is 0 Å². The van der Waals surface area contributed by atoms with Crippen LogP contribution in [-0.4, -0.2) is 50.0 Å². The Morgan fingerprint density at radius 3 is 0.857 bits per heavy atom. The van der Waals surface area contributed by atoms with Crippen LogP contribution in [0.15, 0.2) is 0 Å². The summed E-state index contributed by atoms with van der Waals surface area (Å²) in [5, 5.41) is 0. The van der Waals surface area contributed by atoms with Gasteiger partial charge in [-0.2, -0.15) is 0 Å². The Morgan fingerprint density at radius 1 is 0.857 bits per heavy atom. The Labute approximate surface area is 74.6 Å². The van der Waals surface area contributed by atoms with Crippen molar-refractivity contribution in [2.75, 3.05) is 21.1 Å². The van der Waals surface area contributed by atoms with E-state index in [2.05, 4.69) is 0 Å². The molecule has 0 aliphatic heterocycles. The van der Waals surface area contributed by atoms with Crippen molar-refractivity contribution >= 4 is 48.7 Å². The van der Waals surface area contributed by atoms with E-state index in [-0.39, 0.29) is 48.7 Å². The Morgan fingerprint density at radius 2 is 0.857 bits per heavy atom. The molecule has 7 heavy (non-hydrogen) atoms. The third-order valence-electron chi connectivity index (χ3n) is 0. The van der Waals surface area contributed by atoms with Crippen molar-refractivity contribution in [1.29, 1.82) is 0 Å². The molecule has 4 heteroatoms. The van der Waals surface area contributed by atoms with Gasteiger partial charge in [0.15, 0.2) is 0 Å². The molecule has 0 rings (SSSR count). The zero-order valence-corrected chi connectivity index (χ0v) is 10.6. The van der Waals surface area contributed by atoms with Crippen molar-refractivity contribution in [2.45, 2.75) is 0 Å². The van der Waals surface area contributed by atoms with Gasteiger partial charge in [0.2, 0.25) is 0 Å². The van der Waals surface area contributed by atoms with Crippen LogP contribution in [0.1, 0.15) is 0 Å². The standard InChI is InChI=1S/C3H9N.2ClH.Sn.2H/c1-4(2)3;;;;;/h1-3H3;2*1H;;;. The number of rotatable bonds is 0. The van der Waals surface area contributed by atoms with Crippen molar-refractivity contribution in [3.8, 4) is 0 Å².